The van der Waals surface area contributed by atoms with Crippen LogP contribution in [0.1, 0.15) is 25.8 Å². The number of piperazine rings is 1. The summed E-state index contributed by atoms with van der Waals surface area (Å²) in [5.41, 5.74) is 2.22. The van der Waals surface area contributed by atoms with Crippen LogP contribution in [0.2, 0.25) is 0 Å². The SMILES string of the molecule is Cc1ccc(S(=O)(=O)N[C@H](CC(C)C)C(=O)NCCN2CCN(c3ccccc3)CC2)cc1. The average molecular weight is 473 g/mol. The number of anilines is 1. The minimum Gasteiger partial charge on any atom is -0.369 e. The van der Waals surface area contributed by atoms with E-state index in [0.29, 0.717) is 13.0 Å². The van der Waals surface area contributed by atoms with Crippen molar-refractivity contribution in [2.75, 3.05) is 44.2 Å². The number of carbonyl (C=O) groups excluding carboxylic acids is 1. The molecule has 180 valence electrons. The molecular weight excluding hydrogens is 436 g/mol. The van der Waals surface area contributed by atoms with Crippen LogP contribution < -0.4 is 14.9 Å². The van der Waals surface area contributed by atoms with Crippen molar-refractivity contribution < 1.29 is 13.2 Å². The van der Waals surface area contributed by atoms with Gasteiger partial charge in [0.25, 0.3) is 0 Å². The Hall–Kier alpha value is -2.42. The largest absolute Gasteiger partial charge is 0.369 e. The van der Waals surface area contributed by atoms with Gasteiger partial charge in [-0.25, -0.2) is 8.42 Å². The molecule has 0 unspecified atom stereocenters. The van der Waals surface area contributed by atoms with Gasteiger partial charge in [0.05, 0.1) is 4.90 Å². The zero-order valence-corrected chi connectivity index (χ0v) is 20.6. The number of sulfonamides is 1. The van der Waals surface area contributed by atoms with Crippen molar-refractivity contribution in [2.45, 2.75) is 38.1 Å². The lowest BCUT2D eigenvalue weighted by Crippen LogP contribution is -2.51. The maximum atomic E-state index is 12.9. The van der Waals surface area contributed by atoms with Gasteiger partial charge in [0, 0.05) is 45.0 Å². The van der Waals surface area contributed by atoms with E-state index in [-0.39, 0.29) is 16.7 Å². The summed E-state index contributed by atoms with van der Waals surface area (Å²) in [4.78, 5) is 17.7. The van der Waals surface area contributed by atoms with Crippen LogP contribution in [0.5, 0.6) is 0 Å². The molecule has 1 aliphatic rings. The topological polar surface area (TPSA) is 81.7 Å². The molecule has 2 aromatic rings. The second kappa shape index (κ2) is 11.6. The van der Waals surface area contributed by atoms with E-state index in [1.807, 2.05) is 26.8 Å². The van der Waals surface area contributed by atoms with Crippen LogP contribution in [0.15, 0.2) is 59.5 Å². The highest BCUT2D eigenvalue weighted by Gasteiger charge is 2.26. The van der Waals surface area contributed by atoms with Crippen molar-refractivity contribution in [3.05, 3.63) is 60.2 Å². The Bertz CT molecular complexity index is 986. The molecule has 0 spiro atoms. The van der Waals surface area contributed by atoms with Crippen LogP contribution in [0.3, 0.4) is 0 Å². The molecule has 1 fully saturated rings. The van der Waals surface area contributed by atoms with Crippen molar-refractivity contribution in [3.8, 4) is 0 Å². The molecule has 2 aromatic carbocycles. The van der Waals surface area contributed by atoms with Crippen molar-refractivity contribution >= 4 is 21.6 Å². The number of benzene rings is 2. The molecule has 8 heteroatoms. The minimum atomic E-state index is -3.77. The summed E-state index contributed by atoms with van der Waals surface area (Å²) >= 11 is 0. The summed E-state index contributed by atoms with van der Waals surface area (Å²) < 4.78 is 28.2. The molecule has 7 nitrogen and oxygen atoms in total. The van der Waals surface area contributed by atoms with Crippen LogP contribution >= 0.6 is 0 Å². The van der Waals surface area contributed by atoms with Crippen molar-refractivity contribution in [1.82, 2.24) is 14.9 Å². The Kier molecular flexibility index (Phi) is 8.88. The number of nitrogens with one attached hydrogen (secondary N) is 2. The fourth-order valence-corrected chi connectivity index (χ4v) is 5.19. The Morgan fingerprint density at radius 2 is 1.61 bits per heavy atom. The summed E-state index contributed by atoms with van der Waals surface area (Å²) in [6.07, 6.45) is 0.437. The highest BCUT2D eigenvalue weighted by atomic mass is 32.2. The van der Waals surface area contributed by atoms with Crippen LogP contribution in [-0.4, -0.2) is 64.5 Å². The van der Waals surface area contributed by atoms with E-state index in [9.17, 15) is 13.2 Å². The lowest BCUT2D eigenvalue weighted by atomic mass is 10.0. The fraction of sp³-hybridized carbons (Fsp3) is 0.480. The Balaban J connectivity index is 1.49. The summed E-state index contributed by atoms with van der Waals surface area (Å²) in [6, 6.07) is 16.2. The summed E-state index contributed by atoms with van der Waals surface area (Å²) in [5, 5.41) is 2.94. The van der Waals surface area contributed by atoms with E-state index in [0.717, 1.165) is 38.3 Å². The standard InChI is InChI=1S/C25H36N4O3S/c1-20(2)19-24(27-33(31,32)23-11-9-21(3)10-12-23)25(30)26-13-14-28-15-17-29(18-16-28)22-7-5-4-6-8-22/h4-12,20,24,27H,13-19H2,1-3H3,(H,26,30)/t24-/m1/s1. The van der Waals surface area contributed by atoms with Gasteiger partial charge in [-0.15, -0.1) is 0 Å². The predicted octanol–water partition coefficient (Wildman–Crippen LogP) is 2.63. The lowest BCUT2D eigenvalue weighted by molar-refractivity contribution is -0.123. The molecule has 33 heavy (non-hydrogen) atoms. The maximum Gasteiger partial charge on any atom is 0.241 e. The van der Waals surface area contributed by atoms with Gasteiger partial charge in [0.15, 0.2) is 0 Å². The van der Waals surface area contributed by atoms with E-state index < -0.39 is 16.1 Å². The van der Waals surface area contributed by atoms with E-state index in [1.165, 1.54) is 5.69 Å². The Labute approximate surface area is 198 Å². The molecular formula is C25H36N4O3S. The quantitative estimate of drug-likeness (QED) is 0.556. The van der Waals surface area contributed by atoms with Gasteiger partial charge in [0.2, 0.25) is 15.9 Å². The number of hydrogen-bond donors (Lipinski definition) is 2. The van der Waals surface area contributed by atoms with Crippen LogP contribution in [0.25, 0.3) is 0 Å². The second-order valence-electron chi connectivity index (χ2n) is 9.07. The zero-order chi connectivity index (χ0) is 23.8. The van der Waals surface area contributed by atoms with E-state index in [4.69, 9.17) is 0 Å². The third-order valence-corrected chi connectivity index (χ3v) is 7.36. The van der Waals surface area contributed by atoms with Gasteiger partial charge in [0.1, 0.15) is 6.04 Å². The molecule has 1 aliphatic heterocycles. The smallest absolute Gasteiger partial charge is 0.241 e. The highest BCUT2D eigenvalue weighted by molar-refractivity contribution is 7.89. The van der Waals surface area contributed by atoms with Crippen molar-refractivity contribution in [2.24, 2.45) is 5.92 Å². The van der Waals surface area contributed by atoms with Gasteiger partial charge in [-0.2, -0.15) is 4.72 Å². The number of rotatable bonds is 10. The Morgan fingerprint density at radius 1 is 0.970 bits per heavy atom. The molecule has 0 aliphatic carbocycles. The highest BCUT2D eigenvalue weighted by Crippen LogP contribution is 2.16. The van der Waals surface area contributed by atoms with Gasteiger partial charge >= 0.3 is 0 Å². The summed E-state index contributed by atoms with van der Waals surface area (Å²) in [6.45, 7) is 10.9. The molecule has 0 aromatic heterocycles. The summed E-state index contributed by atoms with van der Waals surface area (Å²) in [5.74, 6) is -0.102. The number of amides is 1. The predicted molar refractivity (Wildman–Crippen MR) is 133 cm³/mol. The van der Waals surface area contributed by atoms with Crippen molar-refractivity contribution in [1.29, 1.82) is 0 Å². The summed E-state index contributed by atoms with van der Waals surface area (Å²) in [7, 11) is -3.77. The van der Waals surface area contributed by atoms with Gasteiger partial charge in [-0.1, -0.05) is 49.7 Å². The van der Waals surface area contributed by atoms with Crippen LogP contribution in [0.4, 0.5) is 5.69 Å². The molecule has 1 atom stereocenters. The van der Waals surface area contributed by atoms with E-state index in [2.05, 4.69) is 44.1 Å². The molecule has 1 heterocycles. The first-order valence-electron chi connectivity index (χ1n) is 11.6. The van der Waals surface area contributed by atoms with Crippen LogP contribution in [-0.2, 0) is 14.8 Å². The lowest BCUT2D eigenvalue weighted by Gasteiger charge is -2.36. The number of carbonyl (C=O) groups is 1. The molecule has 2 N–H and O–H groups in total. The number of nitrogens with zero attached hydrogens (tertiary/aromatic N) is 2. The Morgan fingerprint density at radius 3 is 2.21 bits per heavy atom. The second-order valence-corrected chi connectivity index (χ2v) is 10.8. The zero-order valence-electron chi connectivity index (χ0n) is 19.8. The van der Waals surface area contributed by atoms with Gasteiger partial charge in [-0.3, -0.25) is 9.69 Å². The van der Waals surface area contributed by atoms with Crippen molar-refractivity contribution in [3.63, 3.8) is 0 Å². The molecule has 0 radical (unpaired) electrons. The fourth-order valence-electron chi connectivity index (χ4n) is 3.98. The van der Waals surface area contributed by atoms with Gasteiger partial charge in [-0.05, 0) is 43.5 Å². The van der Waals surface area contributed by atoms with E-state index in [1.54, 1.807) is 24.3 Å². The third kappa shape index (κ3) is 7.55. The number of para-hydroxylation sites is 1. The molecule has 3 rings (SSSR count). The van der Waals surface area contributed by atoms with E-state index >= 15 is 0 Å². The average Bonchev–Trinajstić information content (AvgIpc) is 2.79. The number of aryl methyl sites for hydroxylation is 1. The number of hydrogen-bond acceptors (Lipinski definition) is 5. The molecule has 0 saturated carbocycles. The third-order valence-electron chi connectivity index (χ3n) is 5.87. The first-order valence-corrected chi connectivity index (χ1v) is 13.1. The molecule has 1 saturated heterocycles. The van der Waals surface area contributed by atoms with Crippen LogP contribution in [0, 0.1) is 12.8 Å². The molecule has 1 amide bonds. The van der Waals surface area contributed by atoms with Gasteiger partial charge < -0.3 is 10.2 Å². The normalized spacial score (nSPS) is 16.1. The maximum absolute atomic E-state index is 12.9. The minimum absolute atomic E-state index is 0.172. The monoisotopic (exact) mass is 472 g/mol. The first-order chi connectivity index (χ1) is 15.7. The first kappa shape index (κ1) is 25.2. The molecule has 0 bridgehead atoms.